The van der Waals surface area contributed by atoms with E-state index < -0.39 is 0 Å². The Balaban J connectivity index is 2.06. The van der Waals surface area contributed by atoms with Gasteiger partial charge in [0.1, 0.15) is 0 Å². The van der Waals surface area contributed by atoms with Crippen molar-refractivity contribution in [3.63, 3.8) is 0 Å². The van der Waals surface area contributed by atoms with Gasteiger partial charge in [0.05, 0.1) is 11.6 Å². The number of hydrogen-bond donors (Lipinski definition) is 0. The normalized spacial score (nSPS) is 18.1. The second-order valence-electron chi connectivity index (χ2n) is 5.09. The Bertz CT molecular complexity index is 473. The minimum absolute atomic E-state index is 0.666. The molecule has 1 saturated heterocycles. The lowest BCUT2D eigenvalue weighted by Crippen LogP contribution is -2.49. The fourth-order valence-electron chi connectivity index (χ4n) is 2.50. The van der Waals surface area contributed by atoms with Crippen LogP contribution >= 0.6 is 15.9 Å². The van der Waals surface area contributed by atoms with Gasteiger partial charge >= 0.3 is 0 Å². The number of nitriles is 1. The third-order valence-corrected chi connectivity index (χ3v) is 4.36. The molecule has 1 aliphatic rings. The average molecular weight is 322 g/mol. The summed E-state index contributed by atoms with van der Waals surface area (Å²) in [6, 6.07) is 8.82. The van der Waals surface area contributed by atoms with Gasteiger partial charge in [-0.25, -0.2) is 0 Å². The van der Waals surface area contributed by atoms with Crippen LogP contribution in [0.4, 0.5) is 5.69 Å². The molecule has 1 aliphatic heterocycles. The van der Waals surface area contributed by atoms with Crippen molar-refractivity contribution in [1.29, 1.82) is 5.26 Å². The molecule has 1 heterocycles. The van der Waals surface area contributed by atoms with E-state index in [9.17, 15) is 0 Å². The molecular weight excluding hydrogens is 302 g/mol. The number of benzene rings is 1. The van der Waals surface area contributed by atoms with Crippen LogP contribution in [0.15, 0.2) is 22.7 Å². The lowest BCUT2D eigenvalue weighted by Gasteiger charge is -2.39. The van der Waals surface area contributed by atoms with Crippen molar-refractivity contribution in [1.82, 2.24) is 4.90 Å². The molecule has 1 fully saturated rings. The number of anilines is 1. The van der Waals surface area contributed by atoms with Crippen LogP contribution in [0, 0.1) is 11.3 Å². The lowest BCUT2D eigenvalue weighted by molar-refractivity contribution is 0.193. The summed E-state index contributed by atoms with van der Waals surface area (Å²) in [5, 5.41) is 9.03. The van der Waals surface area contributed by atoms with E-state index in [1.165, 1.54) is 6.42 Å². The molecule has 0 aliphatic carbocycles. The van der Waals surface area contributed by atoms with Crippen LogP contribution in [0.3, 0.4) is 0 Å². The molecule has 1 atom stereocenters. The molecule has 3 nitrogen and oxygen atoms in total. The fourth-order valence-corrected chi connectivity index (χ4v) is 2.98. The molecule has 19 heavy (non-hydrogen) atoms. The Morgan fingerprint density at radius 3 is 2.53 bits per heavy atom. The number of halogens is 1. The number of rotatable bonds is 3. The largest absolute Gasteiger partial charge is 0.369 e. The Morgan fingerprint density at radius 2 is 1.95 bits per heavy atom. The summed E-state index contributed by atoms with van der Waals surface area (Å²) in [4.78, 5) is 4.91. The minimum Gasteiger partial charge on any atom is -0.369 e. The van der Waals surface area contributed by atoms with Crippen LogP contribution in [0.2, 0.25) is 0 Å². The van der Waals surface area contributed by atoms with Gasteiger partial charge in [0, 0.05) is 42.4 Å². The van der Waals surface area contributed by atoms with Crippen molar-refractivity contribution in [2.45, 2.75) is 26.3 Å². The van der Waals surface area contributed by atoms with Gasteiger partial charge in [-0.1, -0.05) is 22.9 Å². The van der Waals surface area contributed by atoms with Crippen molar-refractivity contribution in [3.8, 4) is 6.07 Å². The van der Waals surface area contributed by atoms with E-state index in [2.05, 4.69) is 51.7 Å². The highest BCUT2D eigenvalue weighted by atomic mass is 79.9. The van der Waals surface area contributed by atoms with Crippen molar-refractivity contribution >= 4 is 21.6 Å². The summed E-state index contributed by atoms with van der Waals surface area (Å²) >= 11 is 3.48. The van der Waals surface area contributed by atoms with Gasteiger partial charge in [-0.2, -0.15) is 5.26 Å². The molecule has 0 N–H and O–H groups in total. The summed E-state index contributed by atoms with van der Waals surface area (Å²) < 4.78 is 0.978. The molecule has 0 spiro atoms. The maximum Gasteiger partial charge on any atom is 0.0992 e. The van der Waals surface area contributed by atoms with Crippen molar-refractivity contribution in [2.24, 2.45) is 0 Å². The number of hydrogen-bond acceptors (Lipinski definition) is 3. The van der Waals surface area contributed by atoms with Gasteiger partial charge in [-0.3, -0.25) is 4.90 Å². The average Bonchev–Trinajstić information content (AvgIpc) is 2.46. The molecule has 2 rings (SSSR count). The Morgan fingerprint density at radius 1 is 1.26 bits per heavy atom. The number of nitrogens with zero attached hydrogens (tertiary/aromatic N) is 3. The molecule has 1 unspecified atom stereocenters. The summed E-state index contributed by atoms with van der Waals surface area (Å²) in [6.07, 6.45) is 1.20. The van der Waals surface area contributed by atoms with E-state index in [4.69, 9.17) is 5.26 Å². The monoisotopic (exact) mass is 321 g/mol. The zero-order valence-electron chi connectivity index (χ0n) is 11.6. The van der Waals surface area contributed by atoms with Gasteiger partial charge in [0.25, 0.3) is 0 Å². The molecule has 1 aromatic carbocycles. The van der Waals surface area contributed by atoms with Gasteiger partial charge in [-0.15, -0.1) is 0 Å². The maximum absolute atomic E-state index is 9.03. The van der Waals surface area contributed by atoms with E-state index in [0.29, 0.717) is 11.6 Å². The van der Waals surface area contributed by atoms with Crippen LogP contribution in [-0.4, -0.2) is 37.1 Å². The van der Waals surface area contributed by atoms with Crippen molar-refractivity contribution in [2.75, 3.05) is 31.1 Å². The van der Waals surface area contributed by atoms with Crippen LogP contribution in [-0.2, 0) is 0 Å². The van der Waals surface area contributed by atoms with E-state index in [0.717, 1.165) is 36.3 Å². The van der Waals surface area contributed by atoms with Gasteiger partial charge in [-0.05, 0) is 31.5 Å². The van der Waals surface area contributed by atoms with Crippen LogP contribution in [0.5, 0.6) is 0 Å². The smallest absolute Gasteiger partial charge is 0.0992 e. The molecule has 102 valence electrons. The zero-order valence-corrected chi connectivity index (χ0v) is 13.2. The van der Waals surface area contributed by atoms with E-state index in [-0.39, 0.29) is 0 Å². The third-order valence-electron chi connectivity index (χ3n) is 3.91. The fraction of sp³-hybridized carbons (Fsp3) is 0.533. The van der Waals surface area contributed by atoms with Crippen molar-refractivity contribution < 1.29 is 0 Å². The first kappa shape index (κ1) is 14.4. The second kappa shape index (κ2) is 6.40. The summed E-state index contributed by atoms with van der Waals surface area (Å²) in [7, 11) is 0. The third kappa shape index (κ3) is 3.49. The summed E-state index contributed by atoms with van der Waals surface area (Å²) in [5.41, 5.74) is 1.86. The highest BCUT2D eigenvalue weighted by molar-refractivity contribution is 9.10. The van der Waals surface area contributed by atoms with Crippen LogP contribution < -0.4 is 4.90 Å². The highest BCUT2D eigenvalue weighted by Gasteiger charge is 2.20. The van der Waals surface area contributed by atoms with Crippen LogP contribution in [0.25, 0.3) is 0 Å². The van der Waals surface area contributed by atoms with E-state index in [1.807, 2.05) is 12.1 Å². The van der Waals surface area contributed by atoms with Gasteiger partial charge in [0.15, 0.2) is 0 Å². The maximum atomic E-state index is 9.03. The molecule has 0 aromatic heterocycles. The van der Waals surface area contributed by atoms with E-state index >= 15 is 0 Å². The quantitative estimate of drug-likeness (QED) is 0.856. The molecule has 0 bridgehead atoms. The predicted octanol–water partition coefficient (Wildman–Crippen LogP) is 3.24. The second-order valence-corrected chi connectivity index (χ2v) is 6.01. The molecule has 0 amide bonds. The molecule has 0 radical (unpaired) electrons. The molecule has 1 aromatic rings. The summed E-state index contributed by atoms with van der Waals surface area (Å²) in [6.45, 7) is 8.80. The molecular formula is C15H20BrN3. The molecule has 4 heteroatoms. The topological polar surface area (TPSA) is 30.3 Å². The highest BCUT2D eigenvalue weighted by Crippen LogP contribution is 2.24. The van der Waals surface area contributed by atoms with Crippen molar-refractivity contribution in [3.05, 3.63) is 28.2 Å². The predicted molar refractivity (Wildman–Crippen MR) is 82.4 cm³/mol. The zero-order chi connectivity index (χ0) is 13.8. The van der Waals surface area contributed by atoms with Crippen LogP contribution in [0.1, 0.15) is 25.8 Å². The Kier molecular flexibility index (Phi) is 4.84. The van der Waals surface area contributed by atoms with E-state index in [1.54, 1.807) is 0 Å². The Hall–Kier alpha value is -1.05. The van der Waals surface area contributed by atoms with Gasteiger partial charge < -0.3 is 4.90 Å². The number of piperazine rings is 1. The first-order valence-corrected chi connectivity index (χ1v) is 7.63. The Labute approximate surface area is 123 Å². The molecule has 0 saturated carbocycles. The first-order chi connectivity index (χ1) is 9.13. The minimum atomic E-state index is 0.666. The van der Waals surface area contributed by atoms with Gasteiger partial charge in [0.2, 0.25) is 0 Å². The first-order valence-electron chi connectivity index (χ1n) is 6.83. The SMILES string of the molecule is CCC(C)N1CCN(c2cc(Br)cc(C#N)c2)CC1. The summed E-state index contributed by atoms with van der Waals surface area (Å²) in [5.74, 6) is 0. The lowest BCUT2D eigenvalue weighted by atomic mass is 10.1. The standard InChI is InChI=1S/C15H20BrN3/c1-3-12(2)18-4-6-19(7-5-18)15-9-13(11-17)8-14(16)10-15/h8-10,12H,3-7H2,1-2H3.